The Balaban J connectivity index is 2.03. The highest BCUT2D eigenvalue weighted by Crippen LogP contribution is 2.46. The van der Waals surface area contributed by atoms with Gasteiger partial charge in [-0.3, -0.25) is 9.59 Å². The second-order valence-corrected chi connectivity index (χ2v) is 5.27. The highest BCUT2D eigenvalue weighted by Gasteiger charge is 2.49. The summed E-state index contributed by atoms with van der Waals surface area (Å²) in [6.45, 7) is 0.389. The van der Waals surface area contributed by atoms with Crippen LogP contribution in [0.15, 0.2) is 23.8 Å². The van der Waals surface area contributed by atoms with Crippen LogP contribution in [0.25, 0.3) is 0 Å². The van der Waals surface area contributed by atoms with E-state index in [9.17, 15) is 14.7 Å². The second kappa shape index (κ2) is 4.26. The average molecular weight is 248 g/mol. The van der Waals surface area contributed by atoms with Crippen LogP contribution < -0.4 is 0 Å². The number of hydrogen-bond donors (Lipinski definition) is 1. The van der Waals surface area contributed by atoms with Crippen molar-refractivity contribution in [3.63, 3.8) is 0 Å². The third-order valence-electron chi connectivity index (χ3n) is 4.33. The molecule has 1 heterocycles. The topological polar surface area (TPSA) is 63.6 Å². The van der Waals surface area contributed by atoms with Crippen molar-refractivity contribution < 1.29 is 19.4 Å². The maximum Gasteiger partial charge on any atom is 0.310 e. The molecule has 96 valence electrons. The van der Waals surface area contributed by atoms with Gasteiger partial charge in [-0.25, -0.2) is 0 Å². The van der Waals surface area contributed by atoms with E-state index in [-0.39, 0.29) is 17.8 Å². The van der Waals surface area contributed by atoms with Gasteiger partial charge < -0.3 is 9.84 Å². The Kier molecular flexibility index (Phi) is 2.73. The molecule has 2 aliphatic carbocycles. The van der Waals surface area contributed by atoms with Gasteiger partial charge >= 0.3 is 11.9 Å². The van der Waals surface area contributed by atoms with Gasteiger partial charge in [0.15, 0.2) is 0 Å². The number of allylic oxidation sites excluding steroid dienone is 3. The van der Waals surface area contributed by atoms with Crippen LogP contribution in [0.4, 0.5) is 0 Å². The number of carbonyl (C=O) groups excluding carboxylic acids is 1. The third kappa shape index (κ3) is 1.67. The van der Waals surface area contributed by atoms with Crippen molar-refractivity contribution in [2.45, 2.75) is 19.3 Å². The predicted octanol–water partition coefficient (Wildman–Crippen LogP) is 1.77. The van der Waals surface area contributed by atoms with Crippen LogP contribution in [0.2, 0.25) is 0 Å². The lowest BCUT2D eigenvalue weighted by Crippen LogP contribution is -2.47. The zero-order valence-corrected chi connectivity index (χ0v) is 10.0. The Morgan fingerprint density at radius 3 is 3.00 bits per heavy atom. The Hall–Kier alpha value is -1.58. The molecule has 0 aromatic carbocycles. The normalized spacial score (nSPS) is 38.2. The molecular formula is C14H16O4. The fourth-order valence-electron chi connectivity index (χ4n) is 3.49. The molecule has 0 aromatic rings. The number of rotatable bonds is 1. The van der Waals surface area contributed by atoms with Gasteiger partial charge in [0.25, 0.3) is 0 Å². The number of carboxylic acid groups (broad SMARTS) is 1. The summed E-state index contributed by atoms with van der Waals surface area (Å²) in [6, 6.07) is 0. The predicted molar refractivity (Wildman–Crippen MR) is 63.6 cm³/mol. The number of hydrogen-bond acceptors (Lipinski definition) is 3. The summed E-state index contributed by atoms with van der Waals surface area (Å²) in [5.74, 6) is -2.14. The minimum atomic E-state index is -0.888. The molecule has 4 atom stereocenters. The van der Waals surface area contributed by atoms with E-state index in [1.165, 1.54) is 5.57 Å². The summed E-state index contributed by atoms with van der Waals surface area (Å²) < 4.78 is 5.19. The molecule has 1 fully saturated rings. The molecule has 0 amide bonds. The molecular weight excluding hydrogens is 232 g/mol. The second-order valence-electron chi connectivity index (χ2n) is 5.27. The molecule has 0 radical (unpaired) electrons. The van der Waals surface area contributed by atoms with Crippen LogP contribution in [-0.4, -0.2) is 23.7 Å². The first kappa shape index (κ1) is 11.5. The van der Waals surface area contributed by atoms with E-state index in [4.69, 9.17) is 4.74 Å². The summed E-state index contributed by atoms with van der Waals surface area (Å²) in [5, 5.41) is 9.27. The molecule has 18 heavy (non-hydrogen) atoms. The summed E-state index contributed by atoms with van der Waals surface area (Å²) in [6.07, 6.45) is 8.61. The molecule has 1 N–H and O–H groups in total. The highest BCUT2D eigenvalue weighted by atomic mass is 16.5. The van der Waals surface area contributed by atoms with E-state index in [1.54, 1.807) is 0 Å². The summed E-state index contributed by atoms with van der Waals surface area (Å²) in [7, 11) is 0. The van der Waals surface area contributed by atoms with Gasteiger partial charge in [-0.2, -0.15) is 0 Å². The van der Waals surface area contributed by atoms with Gasteiger partial charge in [-0.1, -0.05) is 23.8 Å². The first-order valence-electron chi connectivity index (χ1n) is 6.43. The first-order valence-corrected chi connectivity index (χ1v) is 6.43. The van der Waals surface area contributed by atoms with Crippen LogP contribution >= 0.6 is 0 Å². The summed E-state index contributed by atoms with van der Waals surface area (Å²) in [4.78, 5) is 23.3. The molecule has 0 spiro atoms. The number of carbonyl (C=O) groups is 2. The fourth-order valence-corrected chi connectivity index (χ4v) is 3.49. The zero-order valence-electron chi connectivity index (χ0n) is 10.0. The Morgan fingerprint density at radius 1 is 1.39 bits per heavy atom. The smallest absolute Gasteiger partial charge is 0.310 e. The van der Waals surface area contributed by atoms with Gasteiger partial charge in [0.2, 0.25) is 0 Å². The van der Waals surface area contributed by atoms with Crippen LogP contribution in [0.3, 0.4) is 0 Å². The van der Waals surface area contributed by atoms with E-state index in [2.05, 4.69) is 12.2 Å². The molecule has 3 rings (SSSR count). The molecule has 4 heteroatoms. The van der Waals surface area contributed by atoms with Crippen molar-refractivity contribution in [1.82, 2.24) is 0 Å². The van der Waals surface area contributed by atoms with Crippen molar-refractivity contribution in [2.75, 3.05) is 6.61 Å². The molecule has 1 aliphatic heterocycles. The SMILES string of the molecule is O=C1OC[C@@H]2C=CCCC3=CC[C@@H](C(=O)O)[C@@H]1[C@H]32. The maximum absolute atomic E-state index is 11.9. The average Bonchev–Trinajstić information content (AvgIpc) is 2.56. The van der Waals surface area contributed by atoms with Crippen molar-refractivity contribution in [3.05, 3.63) is 23.8 Å². The fraction of sp³-hybridized carbons (Fsp3) is 0.571. The first-order chi connectivity index (χ1) is 8.68. The monoisotopic (exact) mass is 248 g/mol. The number of esters is 1. The largest absolute Gasteiger partial charge is 0.481 e. The molecule has 0 aromatic heterocycles. The van der Waals surface area contributed by atoms with E-state index in [1.807, 2.05) is 6.08 Å². The van der Waals surface area contributed by atoms with Gasteiger partial charge in [-0.15, -0.1) is 0 Å². The van der Waals surface area contributed by atoms with Crippen molar-refractivity contribution in [2.24, 2.45) is 23.7 Å². The maximum atomic E-state index is 11.9. The van der Waals surface area contributed by atoms with E-state index in [0.29, 0.717) is 13.0 Å². The number of aliphatic carboxylic acids is 1. The van der Waals surface area contributed by atoms with Gasteiger partial charge in [0, 0.05) is 11.8 Å². The van der Waals surface area contributed by atoms with Crippen LogP contribution in [0, 0.1) is 23.7 Å². The van der Waals surface area contributed by atoms with E-state index in [0.717, 1.165) is 12.8 Å². The molecule has 0 unspecified atom stereocenters. The number of cyclic esters (lactones) is 1. The molecule has 1 saturated heterocycles. The van der Waals surface area contributed by atoms with Crippen molar-refractivity contribution in [1.29, 1.82) is 0 Å². The lowest BCUT2D eigenvalue weighted by molar-refractivity contribution is -0.168. The summed E-state index contributed by atoms with van der Waals surface area (Å²) >= 11 is 0. The minimum Gasteiger partial charge on any atom is -0.481 e. The van der Waals surface area contributed by atoms with Gasteiger partial charge in [0.05, 0.1) is 18.4 Å². The quantitative estimate of drug-likeness (QED) is 0.567. The van der Waals surface area contributed by atoms with Crippen LogP contribution in [-0.2, 0) is 14.3 Å². The Bertz CT molecular complexity index is 449. The van der Waals surface area contributed by atoms with Crippen molar-refractivity contribution in [3.8, 4) is 0 Å². The van der Waals surface area contributed by atoms with Gasteiger partial charge in [0.1, 0.15) is 0 Å². The lowest BCUT2D eigenvalue weighted by Gasteiger charge is -2.41. The standard InChI is InChI=1S/C14H16O4/c15-13(16)10-6-5-8-3-1-2-4-9-7-18-14(17)12(10)11(8)9/h2,4-5,9-12H,1,3,6-7H2,(H,15,16)/t9-,10+,11+,12+/m0/s1. The van der Waals surface area contributed by atoms with Crippen LogP contribution in [0.5, 0.6) is 0 Å². The number of carboxylic acids is 1. The third-order valence-corrected chi connectivity index (χ3v) is 4.33. The Morgan fingerprint density at radius 2 is 2.22 bits per heavy atom. The Labute approximate surface area is 105 Å². The van der Waals surface area contributed by atoms with E-state index < -0.39 is 17.8 Å². The number of ether oxygens (including phenoxy) is 1. The molecule has 0 saturated carbocycles. The van der Waals surface area contributed by atoms with Crippen molar-refractivity contribution >= 4 is 11.9 Å². The molecule has 0 bridgehead atoms. The minimum absolute atomic E-state index is 0.0415. The highest BCUT2D eigenvalue weighted by molar-refractivity contribution is 5.83. The molecule has 3 aliphatic rings. The summed E-state index contributed by atoms with van der Waals surface area (Å²) in [5.41, 5.74) is 1.25. The zero-order chi connectivity index (χ0) is 12.7. The molecule has 4 nitrogen and oxygen atoms in total. The van der Waals surface area contributed by atoms with E-state index >= 15 is 0 Å². The van der Waals surface area contributed by atoms with Crippen LogP contribution in [0.1, 0.15) is 19.3 Å². The lowest BCUT2D eigenvalue weighted by atomic mass is 9.65. The van der Waals surface area contributed by atoms with Gasteiger partial charge in [-0.05, 0) is 19.3 Å².